The van der Waals surface area contributed by atoms with E-state index >= 15 is 0 Å². The molecule has 3 aromatic carbocycles. The summed E-state index contributed by atoms with van der Waals surface area (Å²) in [6.07, 6.45) is -17.9. The van der Waals surface area contributed by atoms with Crippen molar-refractivity contribution in [1.29, 1.82) is 0 Å². The normalized spacial score (nSPS) is 18.6. The predicted octanol–water partition coefficient (Wildman–Crippen LogP) is 6.76. The van der Waals surface area contributed by atoms with Gasteiger partial charge in [-0.25, -0.2) is 0 Å². The van der Waals surface area contributed by atoms with E-state index in [9.17, 15) is 44.6 Å². The summed E-state index contributed by atoms with van der Waals surface area (Å²) in [6.45, 7) is -1.17. The third kappa shape index (κ3) is 6.70. The van der Waals surface area contributed by atoms with Gasteiger partial charge >= 0.3 is 18.9 Å². The second kappa shape index (κ2) is 10.2. The predicted molar refractivity (Wildman–Crippen MR) is 121 cm³/mol. The van der Waals surface area contributed by atoms with Gasteiger partial charge in [-0.1, -0.05) is 42.5 Å². The molecule has 3 aromatic rings. The van der Waals surface area contributed by atoms with Crippen molar-refractivity contribution >= 4 is 5.69 Å². The summed E-state index contributed by atoms with van der Waals surface area (Å²) in [7, 11) is 0. The van der Waals surface area contributed by atoms with Crippen LogP contribution in [0.4, 0.5) is 45.2 Å². The zero-order valence-corrected chi connectivity index (χ0v) is 19.7. The van der Waals surface area contributed by atoms with E-state index in [1.54, 1.807) is 30.3 Å². The van der Waals surface area contributed by atoms with E-state index in [-0.39, 0.29) is 29.8 Å². The number of ether oxygens (including phenoxy) is 2. The molecule has 0 aliphatic carbocycles. The second-order valence-electron chi connectivity index (χ2n) is 8.98. The van der Waals surface area contributed by atoms with Crippen LogP contribution in [0.3, 0.4) is 0 Å². The van der Waals surface area contributed by atoms with Crippen LogP contribution in [0.15, 0.2) is 72.8 Å². The van der Waals surface area contributed by atoms with Gasteiger partial charge in [0.25, 0.3) is 0 Å². The van der Waals surface area contributed by atoms with E-state index in [4.69, 9.17) is 0 Å². The van der Waals surface area contributed by atoms with Crippen molar-refractivity contribution in [2.45, 2.75) is 36.8 Å². The second-order valence-corrected chi connectivity index (χ2v) is 8.98. The van der Waals surface area contributed by atoms with Gasteiger partial charge in [0.1, 0.15) is 11.5 Å². The molecule has 0 fully saturated rings. The molecular formula is C26H20F9NO3. The average molecular weight is 565 g/mol. The number of aliphatic hydroxyl groups is 1. The minimum absolute atomic E-state index is 0.111. The Kier molecular flexibility index (Phi) is 7.41. The lowest BCUT2D eigenvalue weighted by Gasteiger charge is -2.33. The minimum Gasteiger partial charge on any atom is -0.406 e. The largest absolute Gasteiger partial charge is 0.573 e. The first-order chi connectivity index (χ1) is 18.1. The SMILES string of the molecule is O[C@H](CN1CC(Cc2cccc(OC(F)(F)F)c2)(c2ccccc2)c2cc(OC(F)(F)F)ccc21)C(F)(F)F. The highest BCUT2D eigenvalue weighted by Gasteiger charge is 2.48. The van der Waals surface area contributed by atoms with Crippen LogP contribution in [0.2, 0.25) is 0 Å². The summed E-state index contributed by atoms with van der Waals surface area (Å²) < 4.78 is 125. The molecule has 1 aliphatic heterocycles. The van der Waals surface area contributed by atoms with Crippen molar-refractivity contribution in [3.05, 3.63) is 89.5 Å². The molecule has 0 radical (unpaired) electrons. The van der Waals surface area contributed by atoms with Crippen LogP contribution in [0.5, 0.6) is 11.5 Å². The first-order valence-electron chi connectivity index (χ1n) is 11.4. The molecule has 0 spiro atoms. The molecule has 0 bridgehead atoms. The fourth-order valence-electron chi connectivity index (χ4n) is 4.80. The summed E-state index contributed by atoms with van der Waals surface area (Å²) in [5.41, 5.74) is -0.344. The fraction of sp³-hybridized carbons (Fsp3) is 0.308. The van der Waals surface area contributed by atoms with Crippen LogP contribution in [0.1, 0.15) is 16.7 Å². The smallest absolute Gasteiger partial charge is 0.406 e. The number of aliphatic hydroxyl groups excluding tert-OH is 1. The first-order valence-corrected chi connectivity index (χ1v) is 11.4. The van der Waals surface area contributed by atoms with Gasteiger partial charge in [-0.15, -0.1) is 26.3 Å². The van der Waals surface area contributed by atoms with Crippen molar-refractivity contribution < 1.29 is 54.1 Å². The topological polar surface area (TPSA) is 41.9 Å². The highest BCUT2D eigenvalue weighted by molar-refractivity contribution is 5.68. The molecule has 4 nitrogen and oxygen atoms in total. The van der Waals surface area contributed by atoms with Gasteiger partial charge in [-0.05, 0) is 53.4 Å². The maximum absolute atomic E-state index is 13.2. The Bertz CT molecular complexity index is 1290. The maximum Gasteiger partial charge on any atom is 0.573 e. The van der Waals surface area contributed by atoms with Crippen LogP contribution >= 0.6 is 0 Å². The van der Waals surface area contributed by atoms with Crippen molar-refractivity contribution in [3.8, 4) is 11.5 Å². The molecule has 210 valence electrons. The number of halogens is 9. The number of nitrogens with zero attached hydrogens (tertiary/aromatic N) is 1. The van der Waals surface area contributed by atoms with Crippen LogP contribution in [-0.2, 0) is 11.8 Å². The molecule has 0 saturated heterocycles. The summed E-state index contributed by atoms with van der Waals surface area (Å²) in [5, 5.41) is 9.79. The molecule has 39 heavy (non-hydrogen) atoms. The quantitative estimate of drug-likeness (QED) is 0.322. The van der Waals surface area contributed by atoms with Gasteiger partial charge in [-0.3, -0.25) is 0 Å². The third-order valence-corrected chi connectivity index (χ3v) is 6.25. The molecule has 1 unspecified atom stereocenters. The Morgan fingerprint density at radius 3 is 1.97 bits per heavy atom. The summed E-state index contributed by atoms with van der Waals surface area (Å²) in [5.74, 6) is -1.17. The number of fused-ring (bicyclic) bond motifs is 1. The summed E-state index contributed by atoms with van der Waals surface area (Å²) in [4.78, 5) is 1.19. The van der Waals surface area contributed by atoms with Crippen LogP contribution in [0, 0.1) is 0 Å². The lowest BCUT2D eigenvalue weighted by molar-refractivity contribution is -0.275. The Hall–Kier alpha value is -3.61. The molecular weight excluding hydrogens is 545 g/mol. The molecule has 1 aliphatic rings. The van der Waals surface area contributed by atoms with Crippen molar-refractivity contribution in [2.24, 2.45) is 0 Å². The number of β-amino-alcohol motifs (C(OH)–C–C–N with tert-alkyl or cyclic N) is 1. The maximum atomic E-state index is 13.2. The van der Waals surface area contributed by atoms with E-state index < -0.39 is 48.5 Å². The Morgan fingerprint density at radius 1 is 0.769 bits per heavy atom. The van der Waals surface area contributed by atoms with Crippen molar-refractivity contribution in [1.82, 2.24) is 0 Å². The zero-order chi connectivity index (χ0) is 28.6. The molecule has 0 aromatic heterocycles. The average Bonchev–Trinajstić information content (AvgIpc) is 3.10. The van der Waals surface area contributed by atoms with Crippen molar-refractivity contribution in [3.63, 3.8) is 0 Å². The summed E-state index contributed by atoms with van der Waals surface area (Å²) >= 11 is 0. The molecule has 4 rings (SSSR count). The first kappa shape index (κ1) is 28.4. The molecule has 0 saturated carbocycles. The molecule has 13 heteroatoms. The Labute approximate surface area is 216 Å². The number of hydrogen-bond donors (Lipinski definition) is 1. The molecule has 2 atom stereocenters. The van der Waals surface area contributed by atoms with Crippen LogP contribution in [0.25, 0.3) is 0 Å². The van der Waals surface area contributed by atoms with Gasteiger partial charge in [-0.2, -0.15) is 13.2 Å². The lowest BCUT2D eigenvalue weighted by atomic mass is 9.71. The highest BCUT2D eigenvalue weighted by atomic mass is 19.4. The van der Waals surface area contributed by atoms with Gasteiger partial charge in [0.2, 0.25) is 0 Å². The zero-order valence-electron chi connectivity index (χ0n) is 19.7. The van der Waals surface area contributed by atoms with E-state index in [2.05, 4.69) is 9.47 Å². The number of hydrogen-bond acceptors (Lipinski definition) is 4. The van der Waals surface area contributed by atoms with E-state index in [1.807, 2.05) is 0 Å². The monoisotopic (exact) mass is 565 g/mol. The van der Waals surface area contributed by atoms with E-state index in [1.165, 1.54) is 17.0 Å². The Morgan fingerprint density at radius 2 is 1.38 bits per heavy atom. The molecule has 1 N–H and O–H groups in total. The van der Waals surface area contributed by atoms with Crippen LogP contribution < -0.4 is 14.4 Å². The number of anilines is 1. The minimum atomic E-state index is -5.06. The Balaban J connectivity index is 1.86. The molecule has 0 amide bonds. The standard InChI is InChI=1S/C26H20F9NO3/c27-24(28,29)22(37)14-36-15-23(17-6-2-1-3-7-17,13-16-5-4-8-18(11-16)38-25(30,31)32)20-12-19(9-10-21(20)36)39-26(33,34)35/h1-12,22,37H,13-15H2/t22-,23?/m1/s1. The van der Waals surface area contributed by atoms with Crippen molar-refractivity contribution in [2.75, 3.05) is 18.0 Å². The lowest BCUT2D eigenvalue weighted by Crippen LogP contribution is -2.43. The van der Waals surface area contributed by atoms with Gasteiger partial charge in [0, 0.05) is 17.6 Å². The number of benzene rings is 3. The number of alkyl halides is 9. The fourth-order valence-corrected chi connectivity index (χ4v) is 4.80. The van der Waals surface area contributed by atoms with E-state index in [0.29, 0.717) is 5.56 Å². The molecule has 1 heterocycles. The van der Waals surface area contributed by atoms with Gasteiger partial charge < -0.3 is 19.5 Å². The summed E-state index contributed by atoms with van der Waals surface area (Å²) in [6, 6.07) is 16.2. The van der Waals surface area contributed by atoms with E-state index in [0.717, 1.165) is 30.3 Å². The third-order valence-electron chi connectivity index (χ3n) is 6.25. The number of rotatable bonds is 7. The van der Waals surface area contributed by atoms with Gasteiger partial charge in [0.05, 0.1) is 6.54 Å². The van der Waals surface area contributed by atoms with Crippen LogP contribution in [-0.4, -0.2) is 43.2 Å². The highest BCUT2D eigenvalue weighted by Crippen LogP contribution is 2.49. The van der Waals surface area contributed by atoms with Gasteiger partial charge in [0.15, 0.2) is 6.10 Å².